The van der Waals surface area contributed by atoms with Crippen LogP contribution in [0.5, 0.6) is 23.0 Å². The van der Waals surface area contributed by atoms with Crippen LogP contribution in [0.3, 0.4) is 0 Å². The van der Waals surface area contributed by atoms with Crippen LogP contribution >= 0.6 is 15.9 Å². The number of aromatic amines is 1. The Balaban J connectivity index is 0.000000149. The summed E-state index contributed by atoms with van der Waals surface area (Å²) in [5.74, 6) is -3.19. The number of ether oxygens (including phenoxy) is 4. The molecule has 0 spiro atoms. The zero-order chi connectivity index (χ0) is 51.1. The molecule has 13 nitrogen and oxygen atoms in total. The van der Waals surface area contributed by atoms with Gasteiger partial charge in [-0.3, -0.25) is 15.0 Å². The quantitative estimate of drug-likeness (QED) is 0.0886. The second-order valence-corrected chi connectivity index (χ2v) is 19.6. The Labute approximate surface area is 423 Å². The van der Waals surface area contributed by atoms with E-state index < -0.39 is 41.6 Å². The predicted octanol–water partition coefficient (Wildman–Crippen LogP) is 9.42. The molecule has 0 atom stereocenters. The molecule has 2 aromatic carbocycles. The Morgan fingerprint density at radius 3 is 1.71 bits per heavy atom. The van der Waals surface area contributed by atoms with Gasteiger partial charge in [-0.25, -0.2) is 22.5 Å². The highest BCUT2D eigenvalue weighted by Gasteiger charge is 2.52. The van der Waals surface area contributed by atoms with E-state index in [0.29, 0.717) is 17.6 Å². The van der Waals surface area contributed by atoms with Crippen molar-refractivity contribution in [3.63, 3.8) is 0 Å². The molecule has 374 valence electrons. The van der Waals surface area contributed by atoms with Crippen LogP contribution in [-0.2, 0) is 54.8 Å². The first kappa shape index (κ1) is 50.6. The van der Waals surface area contributed by atoms with Crippen LogP contribution < -0.4 is 35.0 Å². The lowest BCUT2D eigenvalue weighted by molar-refractivity contribution is 0.00578. The molecule has 0 bridgehead atoms. The van der Waals surface area contributed by atoms with E-state index in [2.05, 4.69) is 63.6 Å². The van der Waals surface area contributed by atoms with Gasteiger partial charge in [0.25, 0.3) is 0 Å². The van der Waals surface area contributed by atoms with Gasteiger partial charge in [-0.05, 0) is 89.7 Å². The number of halogens is 5. The maximum absolute atomic E-state index is 14.9. The Morgan fingerprint density at radius 2 is 1.12 bits per heavy atom. The van der Waals surface area contributed by atoms with Gasteiger partial charge in [-0.15, -0.1) is 0 Å². The second kappa shape index (κ2) is 20.6. The van der Waals surface area contributed by atoms with Crippen molar-refractivity contribution < 1.29 is 45.8 Å². The van der Waals surface area contributed by atoms with Crippen molar-refractivity contribution in [2.45, 2.75) is 84.3 Å². The minimum Gasteiger partial charge on any atom is -0.494 e. The molecule has 0 unspecified atom stereocenters. The SMILES string of the molecule is Brc1cnc2c(c1)CNC2.COc1cc(OC)c(F)c(CC2=CCc3ncc(B4OC(C)(C)C(C)(C)O4)cc32)c1F.COc1cc(OC)c(F)c(Cc2c[nH]c3ncc(-c4cnc5c(c4)CNC5)cc23)c1F. The third-order valence-corrected chi connectivity index (χ3v) is 14.2. The molecule has 1 fully saturated rings. The fourth-order valence-electron chi connectivity index (χ4n) is 8.94. The van der Waals surface area contributed by atoms with E-state index in [9.17, 15) is 17.6 Å². The van der Waals surface area contributed by atoms with Gasteiger partial charge < -0.3 is 43.9 Å². The number of hydrogen-bond acceptors (Lipinski definition) is 12. The Kier molecular flexibility index (Phi) is 14.5. The lowest BCUT2D eigenvalue weighted by atomic mass is 9.79. The van der Waals surface area contributed by atoms with Crippen LogP contribution in [0.25, 0.3) is 27.7 Å². The van der Waals surface area contributed by atoms with E-state index in [1.807, 2.05) is 58.3 Å². The fourth-order valence-corrected chi connectivity index (χ4v) is 9.32. The van der Waals surface area contributed by atoms with Crippen molar-refractivity contribution in [1.29, 1.82) is 0 Å². The van der Waals surface area contributed by atoms with Gasteiger partial charge in [-0.1, -0.05) is 12.1 Å². The third-order valence-electron chi connectivity index (χ3n) is 13.7. The lowest BCUT2D eigenvalue weighted by Crippen LogP contribution is -2.41. The van der Waals surface area contributed by atoms with E-state index in [1.54, 1.807) is 18.6 Å². The molecule has 1 saturated heterocycles. The molecule has 72 heavy (non-hydrogen) atoms. The van der Waals surface area contributed by atoms with Crippen molar-refractivity contribution in [1.82, 2.24) is 35.6 Å². The first-order valence-electron chi connectivity index (χ1n) is 23.2. The van der Waals surface area contributed by atoms with Crippen LogP contribution in [-0.4, -0.2) is 71.7 Å². The third kappa shape index (κ3) is 9.92. The number of benzene rings is 2. The summed E-state index contributed by atoms with van der Waals surface area (Å²) < 4.78 is 93.0. The molecule has 3 N–H and O–H groups in total. The maximum Gasteiger partial charge on any atom is 0.496 e. The Bertz CT molecular complexity index is 3170. The second-order valence-electron chi connectivity index (χ2n) is 18.6. The lowest BCUT2D eigenvalue weighted by Gasteiger charge is -2.32. The number of nitrogens with one attached hydrogen (secondary N) is 3. The van der Waals surface area contributed by atoms with E-state index in [1.165, 1.54) is 57.4 Å². The zero-order valence-corrected chi connectivity index (χ0v) is 42.7. The summed E-state index contributed by atoms with van der Waals surface area (Å²) in [4.78, 5) is 20.9. The van der Waals surface area contributed by atoms with Crippen molar-refractivity contribution in [2.24, 2.45) is 0 Å². The van der Waals surface area contributed by atoms with Gasteiger partial charge >= 0.3 is 7.12 Å². The maximum atomic E-state index is 14.9. The van der Waals surface area contributed by atoms with Crippen molar-refractivity contribution >= 4 is 45.1 Å². The van der Waals surface area contributed by atoms with Gasteiger partial charge in [0, 0.05) is 126 Å². The predicted molar refractivity (Wildman–Crippen MR) is 269 cm³/mol. The van der Waals surface area contributed by atoms with E-state index in [-0.39, 0.29) is 47.0 Å². The minimum atomic E-state index is -0.741. The summed E-state index contributed by atoms with van der Waals surface area (Å²) in [6.45, 7) is 11.4. The summed E-state index contributed by atoms with van der Waals surface area (Å²) in [7, 11) is 4.79. The molecule has 19 heteroatoms. The summed E-state index contributed by atoms with van der Waals surface area (Å²) in [5, 5.41) is 7.30. The summed E-state index contributed by atoms with van der Waals surface area (Å²) in [6, 6.07) is 10.5. The normalized spacial score (nSPS) is 15.7. The first-order chi connectivity index (χ1) is 34.5. The molecular weight excluding hydrogens is 997 g/mol. The van der Waals surface area contributed by atoms with Gasteiger partial charge in [0.1, 0.15) is 5.65 Å². The smallest absolute Gasteiger partial charge is 0.494 e. The van der Waals surface area contributed by atoms with E-state index in [0.717, 1.165) is 75.2 Å². The number of H-pyrrole nitrogens is 1. The highest BCUT2D eigenvalue weighted by Crippen LogP contribution is 2.39. The van der Waals surface area contributed by atoms with Crippen LogP contribution in [0, 0.1) is 23.3 Å². The largest absolute Gasteiger partial charge is 0.496 e. The number of aromatic nitrogens is 5. The van der Waals surface area contributed by atoms with Crippen LogP contribution in [0.1, 0.15) is 78.2 Å². The molecule has 0 radical (unpaired) electrons. The molecule has 3 aliphatic heterocycles. The summed E-state index contributed by atoms with van der Waals surface area (Å²) >= 11 is 3.37. The minimum absolute atomic E-state index is 0.0166. The number of rotatable bonds is 10. The first-order valence-corrected chi connectivity index (χ1v) is 24.0. The van der Waals surface area contributed by atoms with Crippen LogP contribution in [0.2, 0.25) is 0 Å². The number of methoxy groups -OCH3 is 4. The van der Waals surface area contributed by atoms with Crippen molar-refractivity contribution in [2.75, 3.05) is 28.4 Å². The summed E-state index contributed by atoms with van der Waals surface area (Å²) in [6.07, 6.45) is 11.5. The molecular formula is C53H53BBrF4N7O6. The molecule has 7 aromatic rings. The summed E-state index contributed by atoms with van der Waals surface area (Å²) in [5.41, 5.74) is 10.0. The van der Waals surface area contributed by atoms with Gasteiger partial charge in [0.15, 0.2) is 46.3 Å². The van der Waals surface area contributed by atoms with Crippen LogP contribution in [0.4, 0.5) is 17.6 Å². The number of pyridine rings is 4. The van der Waals surface area contributed by atoms with E-state index in [4.69, 9.17) is 28.3 Å². The Hall–Kier alpha value is -6.38. The molecule has 4 aliphatic rings. The van der Waals surface area contributed by atoms with Crippen molar-refractivity contribution in [3.8, 4) is 34.1 Å². The average Bonchev–Trinajstić information content (AvgIpc) is 4.23. The standard InChI is InChI=1S/C23H26BF2NO4.C23H20F2N4O2.C7H7BrN2/c1-22(2)23(3,4)31-24(30-22)14-10-15-13(7-8-17(15)27-12-14)9-16-20(25)18(28-5)11-19(29-6)21(16)26;1-30-19-6-20(31-2)22(25)17(21(19)24)5-14-10-29-23-16(14)4-13(9-28-23)12-3-15-7-26-11-18(15)27-8-12;8-6-1-5-2-9-4-7(5)10-3-6/h7,10-12H,8-9H2,1-6H3;3-4,6,8-10,26H,5,7,11H2,1-2H3,(H,28,29);1,3,9H,2,4H2. The van der Waals surface area contributed by atoms with Gasteiger partial charge in [0.2, 0.25) is 0 Å². The highest BCUT2D eigenvalue weighted by atomic mass is 79.9. The van der Waals surface area contributed by atoms with Gasteiger partial charge in [-0.2, -0.15) is 0 Å². The molecule has 0 amide bonds. The van der Waals surface area contributed by atoms with Gasteiger partial charge in [0.05, 0.1) is 56.7 Å². The Morgan fingerprint density at radius 1 is 0.611 bits per heavy atom. The number of fused-ring (bicyclic) bond motifs is 4. The highest BCUT2D eigenvalue weighted by molar-refractivity contribution is 9.10. The average molecular weight is 1050 g/mol. The van der Waals surface area contributed by atoms with Crippen LogP contribution in [0.15, 0.2) is 77.9 Å². The molecule has 5 aromatic heterocycles. The topological polar surface area (TPSA) is 147 Å². The number of hydrogen-bond donors (Lipinski definition) is 3. The number of nitrogens with zero attached hydrogens (tertiary/aromatic N) is 4. The monoisotopic (exact) mass is 1050 g/mol. The molecule has 1 aliphatic carbocycles. The molecule has 0 saturated carbocycles. The molecule has 11 rings (SSSR count). The van der Waals surface area contributed by atoms with Crippen molar-refractivity contribution in [3.05, 3.63) is 152 Å². The molecule has 8 heterocycles. The zero-order valence-electron chi connectivity index (χ0n) is 41.1. The fraction of sp³-hybridized carbons (Fsp3) is 0.321. The van der Waals surface area contributed by atoms with E-state index >= 15 is 0 Å². The number of allylic oxidation sites excluding steroid dienone is 2.